The van der Waals surface area contributed by atoms with Crippen LogP contribution in [-0.4, -0.2) is 34.2 Å². The van der Waals surface area contributed by atoms with Crippen LogP contribution in [0.1, 0.15) is 26.5 Å². The lowest BCUT2D eigenvalue weighted by Gasteiger charge is -2.22. The molecule has 0 aliphatic rings. The van der Waals surface area contributed by atoms with Crippen molar-refractivity contribution < 1.29 is 17.6 Å². The molecule has 1 heterocycles. The van der Waals surface area contributed by atoms with E-state index in [1.54, 1.807) is 19.9 Å². The highest BCUT2D eigenvalue weighted by molar-refractivity contribution is 7.89. The molecule has 0 aliphatic heterocycles. The molecule has 0 spiro atoms. The van der Waals surface area contributed by atoms with Crippen molar-refractivity contribution in [2.75, 3.05) is 20.2 Å². The Kier molecular flexibility index (Phi) is 5.54. The molecule has 1 aromatic heterocycles. The van der Waals surface area contributed by atoms with Gasteiger partial charge in [-0.1, -0.05) is 6.92 Å². The van der Waals surface area contributed by atoms with Crippen LogP contribution in [0.2, 0.25) is 0 Å². The molecule has 0 unspecified atom stereocenters. The zero-order valence-corrected chi connectivity index (χ0v) is 12.6. The van der Waals surface area contributed by atoms with Gasteiger partial charge in [-0.15, -0.1) is 0 Å². The van der Waals surface area contributed by atoms with Gasteiger partial charge in [0.1, 0.15) is 5.76 Å². The van der Waals surface area contributed by atoms with Crippen LogP contribution in [-0.2, 0) is 21.3 Å². The highest BCUT2D eigenvalue weighted by Crippen LogP contribution is 2.15. The molecule has 2 N–H and O–H groups in total. The van der Waals surface area contributed by atoms with Gasteiger partial charge >= 0.3 is 0 Å². The van der Waals surface area contributed by atoms with Gasteiger partial charge in [-0.3, -0.25) is 0 Å². The fourth-order valence-corrected chi connectivity index (χ4v) is 2.40. The quantitative estimate of drug-likeness (QED) is 0.749. The number of hydrogen-bond acceptors (Lipinski definition) is 5. The van der Waals surface area contributed by atoms with Gasteiger partial charge in [0, 0.05) is 13.7 Å². The Morgan fingerprint density at radius 2 is 2.05 bits per heavy atom. The van der Waals surface area contributed by atoms with Crippen molar-refractivity contribution in [3.8, 4) is 0 Å². The Hall–Kier alpha value is -0.890. The zero-order chi connectivity index (χ0) is 14.5. The van der Waals surface area contributed by atoms with Crippen LogP contribution >= 0.6 is 0 Å². The molecule has 0 amide bonds. The monoisotopic (exact) mass is 290 g/mol. The van der Waals surface area contributed by atoms with Gasteiger partial charge in [0.2, 0.25) is 5.09 Å². The third-order valence-electron chi connectivity index (χ3n) is 2.69. The van der Waals surface area contributed by atoms with Gasteiger partial charge in [-0.05, 0) is 32.5 Å². The predicted octanol–water partition coefficient (Wildman–Crippen LogP) is 1.09. The fourth-order valence-electron chi connectivity index (χ4n) is 1.26. The van der Waals surface area contributed by atoms with E-state index in [4.69, 9.17) is 9.15 Å². The fraction of sp³-hybridized carbons (Fsp3) is 0.667. The van der Waals surface area contributed by atoms with Crippen molar-refractivity contribution in [1.82, 2.24) is 10.0 Å². The maximum absolute atomic E-state index is 12.0. The summed E-state index contributed by atoms with van der Waals surface area (Å²) in [5.74, 6) is 0.591. The third kappa shape index (κ3) is 4.94. The smallest absolute Gasteiger partial charge is 0.274 e. The van der Waals surface area contributed by atoms with Crippen LogP contribution in [0.15, 0.2) is 21.6 Å². The van der Waals surface area contributed by atoms with E-state index in [9.17, 15) is 8.42 Å². The lowest BCUT2D eigenvalue weighted by atomic mass is 10.1. The molecule has 0 bridgehead atoms. The standard InChI is InChI=1S/C12H22N2O4S/c1-5-13-8-10-6-7-11(18-10)19(15,16)14-9-12(2,3)17-4/h6-7,13-14H,5,8-9H2,1-4H3. The molecule has 0 fully saturated rings. The van der Waals surface area contributed by atoms with Crippen LogP contribution in [0.5, 0.6) is 0 Å². The van der Waals surface area contributed by atoms with E-state index in [0.29, 0.717) is 12.3 Å². The van der Waals surface area contributed by atoms with E-state index in [2.05, 4.69) is 10.0 Å². The van der Waals surface area contributed by atoms with Crippen molar-refractivity contribution in [2.45, 2.75) is 38.0 Å². The average Bonchev–Trinajstić information content (AvgIpc) is 2.84. The maximum Gasteiger partial charge on any atom is 0.274 e. The summed E-state index contributed by atoms with van der Waals surface area (Å²) in [5, 5.41) is 2.99. The largest absolute Gasteiger partial charge is 0.447 e. The zero-order valence-electron chi connectivity index (χ0n) is 11.8. The Morgan fingerprint density at radius 3 is 2.63 bits per heavy atom. The summed E-state index contributed by atoms with van der Waals surface area (Å²) >= 11 is 0. The van der Waals surface area contributed by atoms with E-state index in [0.717, 1.165) is 6.54 Å². The maximum atomic E-state index is 12.0. The SMILES string of the molecule is CCNCc1ccc(S(=O)(=O)NCC(C)(C)OC)o1. The Morgan fingerprint density at radius 1 is 1.37 bits per heavy atom. The van der Waals surface area contributed by atoms with E-state index in [1.165, 1.54) is 13.2 Å². The number of ether oxygens (including phenoxy) is 1. The number of methoxy groups -OCH3 is 1. The molecule has 0 atom stereocenters. The highest BCUT2D eigenvalue weighted by Gasteiger charge is 2.24. The number of rotatable bonds is 8. The molecular weight excluding hydrogens is 268 g/mol. The molecular formula is C12H22N2O4S. The Bertz CT molecular complexity index is 494. The van der Waals surface area contributed by atoms with Gasteiger partial charge in [0.25, 0.3) is 10.0 Å². The minimum atomic E-state index is -3.63. The van der Waals surface area contributed by atoms with E-state index in [-0.39, 0.29) is 11.6 Å². The molecule has 1 rings (SSSR count). The molecule has 1 aromatic rings. The number of sulfonamides is 1. The number of hydrogen-bond donors (Lipinski definition) is 2. The second kappa shape index (κ2) is 6.51. The molecule has 7 heteroatoms. The van der Waals surface area contributed by atoms with E-state index < -0.39 is 15.6 Å². The molecule has 0 saturated carbocycles. The molecule has 110 valence electrons. The van der Waals surface area contributed by atoms with Crippen LogP contribution in [0, 0.1) is 0 Å². The van der Waals surface area contributed by atoms with Crippen LogP contribution < -0.4 is 10.0 Å². The summed E-state index contributed by atoms with van der Waals surface area (Å²) in [6.45, 7) is 7.05. The topological polar surface area (TPSA) is 80.6 Å². The van der Waals surface area contributed by atoms with Crippen molar-refractivity contribution in [3.05, 3.63) is 17.9 Å². The molecule has 0 radical (unpaired) electrons. The Labute approximate surface area is 114 Å². The lowest BCUT2D eigenvalue weighted by Crippen LogP contribution is -2.39. The van der Waals surface area contributed by atoms with Crippen LogP contribution in [0.3, 0.4) is 0 Å². The normalized spacial score (nSPS) is 12.8. The van der Waals surface area contributed by atoms with Gasteiger partial charge in [0.15, 0.2) is 0 Å². The van der Waals surface area contributed by atoms with Crippen LogP contribution in [0.25, 0.3) is 0 Å². The summed E-state index contributed by atoms with van der Waals surface area (Å²) in [7, 11) is -2.09. The van der Waals surface area contributed by atoms with Crippen molar-refractivity contribution in [3.63, 3.8) is 0 Å². The number of nitrogens with one attached hydrogen (secondary N) is 2. The lowest BCUT2D eigenvalue weighted by molar-refractivity contribution is 0.0275. The number of furan rings is 1. The van der Waals surface area contributed by atoms with Gasteiger partial charge < -0.3 is 14.5 Å². The van der Waals surface area contributed by atoms with Gasteiger partial charge in [-0.2, -0.15) is 0 Å². The molecule has 6 nitrogen and oxygen atoms in total. The van der Waals surface area contributed by atoms with Gasteiger partial charge in [-0.25, -0.2) is 13.1 Å². The molecule has 0 saturated heterocycles. The first-order chi connectivity index (χ1) is 8.80. The first kappa shape index (κ1) is 16.2. The first-order valence-corrected chi connectivity index (χ1v) is 7.63. The van der Waals surface area contributed by atoms with E-state index >= 15 is 0 Å². The van der Waals surface area contributed by atoms with Crippen LogP contribution in [0.4, 0.5) is 0 Å². The van der Waals surface area contributed by atoms with Gasteiger partial charge in [0.05, 0.1) is 12.1 Å². The minimum absolute atomic E-state index is 0.0766. The summed E-state index contributed by atoms with van der Waals surface area (Å²) in [6.07, 6.45) is 0. The van der Waals surface area contributed by atoms with Crippen molar-refractivity contribution >= 4 is 10.0 Å². The second-order valence-corrected chi connectivity index (χ2v) is 6.49. The molecule has 19 heavy (non-hydrogen) atoms. The minimum Gasteiger partial charge on any atom is -0.447 e. The first-order valence-electron chi connectivity index (χ1n) is 6.15. The second-order valence-electron chi connectivity index (χ2n) is 4.79. The summed E-state index contributed by atoms with van der Waals surface area (Å²) in [5.41, 5.74) is -0.563. The average molecular weight is 290 g/mol. The summed E-state index contributed by atoms with van der Waals surface area (Å²) < 4.78 is 36.9. The highest BCUT2D eigenvalue weighted by atomic mass is 32.2. The van der Waals surface area contributed by atoms with Crippen molar-refractivity contribution in [2.24, 2.45) is 0 Å². The van der Waals surface area contributed by atoms with E-state index in [1.807, 2.05) is 6.92 Å². The predicted molar refractivity (Wildman–Crippen MR) is 72.4 cm³/mol. The third-order valence-corrected chi connectivity index (χ3v) is 3.97. The van der Waals surface area contributed by atoms with Crippen molar-refractivity contribution in [1.29, 1.82) is 0 Å². The molecule has 0 aromatic carbocycles. The summed E-state index contributed by atoms with van der Waals surface area (Å²) in [4.78, 5) is 0. The molecule has 0 aliphatic carbocycles. The summed E-state index contributed by atoms with van der Waals surface area (Å²) in [6, 6.07) is 3.10. The Balaban J connectivity index is 2.69.